The number of hydrogen-bond donors (Lipinski definition) is 2. The summed E-state index contributed by atoms with van der Waals surface area (Å²) < 4.78 is 0. The molecule has 0 aliphatic rings. The Morgan fingerprint density at radius 1 is 1.24 bits per heavy atom. The quantitative estimate of drug-likeness (QED) is 0.566. The van der Waals surface area contributed by atoms with Gasteiger partial charge in [0.15, 0.2) is 0 Å². The minimum Gasteiger partial charge on any atom is -0.373 e. The molecule has 7 nitrogen and oxygen atoms in total. The molecule has 0 spiro atoms. The molecular formula is C14H25N5O2. The molecule has 0 fully saturated rings. The highest BCUT2D eigenvalue weighted by Crippen LogP contribution is 2.20. The highest BCUT2D eigenvalue weighted by atomic mass is 16.6. The van der Waals surface area contributed by atoms with Crippen molar-refractivity contribution in [1.82, 2.24) is 9.88 Å². The number of hydrogen-bond acceptors (Lipinski definition) is 6. The van der Waals surface area contributed by atoms with Gasteiger partial charge >= 0.3 is 0 Å². The highest BCUT2D eigenvalue weighted by molar-refractivity contribution is 5.54. The summed E-state index contributed by atoms with van der Waals surface area (Å²) >= 11 is 0. The average molecular weight is 295 g/mol. The molecule has 1 aromatic heterocycles. The van der Waals surface area contributed by atoms with Crippen LogP contribution in [0.2, 0.25) is 0 Å². The van der Waals surface area contributed by atoms with Crippen LogP contribution >= 0.6 is 0 Å². The van der Waals surface area contributed by atoms with Crippen LogP contribution in [0.3, 0.4) is 0 Å². The summed E-state index contributed by atoms with van der Waals surface area (Å²) in [4.78, 5) is 17.1. The number of aromatic nitrogens is 1. The first-order valence-corrected chi connectivity index (χ1v) is 7.19. The lowest BCUT2D eigenvalue weighted by Gasteiger charge is -2.30. The standard InChI is InChI=1S/C14H25N5O2/c1-10(2)18(11(3)4)7-6-16-14-9-12(19(20)21)8-13(15-5)17-14/h8-11H,6-7H2,1-5H3,(H2,15,16,17). The Balaban J connectivity index is 2.70. The summed E-state index contributed by atoms with van der Waals surface area (Å²) in [7, 11) is 1.69. The number of pyridine rings is 1. The minimum absolute atomic E-state index is 0.0291. The largest absolute Gasteiger partial charge is 0.373 e. The molecule has 1 heterocycles. The Morgan fingerprint density at radius 2 is 1.81 bits per heavy atom. The van der Waals surface area contributed by atoms with E-state index in [0.29, 0.717) is 30.3 Å². The Hall–Kier alpha value is -1.89. The SMILES string of the molecule is CNc1cc([N+](=O)[O-])cc(NCCN(C(C)C)C(C)C)n1. The molecule has 118 valence electrons. The second-order valence-electron chi connectivity index (χ2n) is 5.46. The summed E-state index contributed by atoms with van der Waals surface area (Å²) in [5, 5.41) is 16.9. The zero-order chi connectivity index (χ0) is 16.0. The fourth-order valence-electron chi connectivity index (χ4n) is 2.27. The van der Waals surface area contributed by atoms with Gasteiger partial charge in [0, 0.05) is 32.2 Å². The fraction of sp³-hybridized carbons (Fsp3) is 0.643. The van der Waals surface area contributed by atoms with Gasteiger partial charge in [0.2, 0.25) is 0 Å². The molecule has 2 N–H and O–H groups in total. The van der Waals surface area contributed by atoms with Crippen molar-refractivity contribution in [1.29, 1.82) is 0 Å². The van der Waals surface area contributed by atoms with E-state index in [1.807, 2.05) is 0 Å². The third kappa shape index (κ3) is 5.18. The Morgan fingerprint density at radius 3 is 2.29 bits per heavy atom. The Bertz CT molecular complexity index is 468. The number of rotatable bonds is 8. The lowest BCUT2D eigenvalue weighted by Crippen LogP contribution is -2.40. The molecule has 1 aromatic rings. The maximum atomic E-state index is 10.9. The molecule has 0 amide bonds. The van der Waals surface area contributed by atoms with Gasteiger partial charge in [-0.2, -0.15) is 0 Å². The topological polar surface area (TPSA) is 83.3 Å². The maximum Gasteiger partial charge on any atom is 0.276 e. The van der Waals surface area contributed by atoms with Crippen LogP contribution in [0.1, 0.15) is 27.7 Å². The monoisotopic (exact) mass is 295 g/mol. The van der Waals surface area contributed by atoms with Gasteiger partial charge in [-0.15, -0.1) is 0 Å². The number of nitrogens with zero attached hydrogens (tertiary/aromatic N) is 3. The third-order valence-electron chi connectivity index (χ3n) is 3.28. The zero-order valence-corrected chi connectivity index (χ0v) is 13.4. The molecule has 0 saturated heterocycles. The van der Waals surface area contributed by atoms with Gasteiger partial charge in [0.1, 0.15) is 11.6 Å². The number of nitro groups is 1. The van der Waals surface area contributed by atoms with Gasteiger partial charge in [0.25, 0.3) is 5.69 Å². The van der Waals surface area contributed by atoms with Crippen molar-refractivity contribution < 1.29 is 4.92 Å². The smallest absolute Gasteiger partial charge is 0.276 e. The molecule has 0 aromatic carbocycles. The van der Waals surface area contributed by atoms with Crippen LogP contribution in [-0.2, 0) is 0 Å². The van der Waals surface area contributed by atoms with Crippen LogP contribution in [0.5, 0.6) is 0 Å². The highest BCUT2D eigenvalue weighted by Gasteiger charge is 2.14. The molecule has 0 aliphatic carbocycles. The summed E-state index contributed by atoms with van der Waals surface area (Å²) in [6.07, 6.45) is 0. The Labute approximate surface area is 125 Å². The van der Waals surface area contributed by atoms with Gasteiger partial charge in [-0.1, -0.05) is 0 Å². The Kier molecular flexibility index (Phi) is 6.36. The van der Waals surface area contributed by atoms with E-state index < -0.39 is 4.92 Å². The summed E-state index contributed by atoms with van der Waals surface area (Å²) in [5.41, 5.74) is 0.0291. The average Bonchev–Trinajstić information content (AvgIpc) is 2.42. The first-order valence-electron chi connectivity index (χ1n) is 7.19. The van der Waals surface area contributed by atoms with Crippen molar-refractivity contribution in [2.24, 2.45) is 0 Å². The predicted molar refractivity (Wildman–Crippen MR) is 85.9 cm³/mol. The molecule has 0 atom stereocenters. The van der Waals surface area contributed by atoms with Crippen LogP contribution < -0.4 is 10.6 Å². The molecule has 0 unspecified atom stereocenters. The van der Waals surface area contributed by atoms with Crippen molar-refractivity contribution in [3.63, 3.8) is 0 Å². The number of nitrogens with one attached hydrogen (secondary N) is 2. The van der Waals surface area contributed by atoms with Crippen molar-refractivity contribution in [3.8, 4) is 0 Å². The lowest BCUT2D eigenvalue weighted by molar-refractivity contribution is -0.384. The molecule has 0 radical (unpaired) electrons. The van der Waals surface area contributed by atoms with Gasteiger partial charge in [-0.05, 0) is 27.7 Å². The van der Waals surface area contributed by atoms with Gasteiger partial charge in [-0.25, -0.2) is 4.98 Å². The molecule has 7 heteroatoms. The van der Waals surface area contributed by atoms with Gasteiger partial charge in [-0.3, -0.25) is 15.0 Å². The van der Waals surface area contributed by atoms with Crippen LogP contribution in [0, 0.1) is 10.1 Å². The molecule has 0 aliphatic heterocycles. The molecular weight excluding hydrogens is 270 g/mol. The predicted octanol–water partition coefficient (Wildman–Crippen LogP) is 2.56. The number of anilines is 2. The second-order valence-corrected chi connectivity index (χ2v) is 5.46. The van der Waals surface area contributed by atoms with Crippen LogP contribution in [0.15, 0.2) is 12.1 Å². The van der Waals surface area contributed by atoms with Crippen molar-refractivity contribution >= 4 is 17.3 Å². The summed E-state index contributed by atoms with van der Waals surface area (Å²) in [5.74, 6) is 0.997. The van der Waals surface area contributed by atoms with Gasteiger partial charge < -0.3 is 10.6 Å². The van der Waals surface area contributed by atoms with E-state index in [9.17, 15) is 10.1 Å². The van der Waals surface area contributed by atoms with E-state index in [1.54, 1.807) is 7.05 Å². The maximum absolute atomic E-state index is 10.9. The molecule has 0 bridgehead atoms. The molecule has 0 saturated carbocycles. The van der Waals surface area contributed by atoms with E-state index >= 15 is 0 Å². The van der Waals surface area contributed by atoms with Crippen molar-refractivity contribution in [2.75, 3.05) is 30.8 Å². The van der Waals surface area contributed by atoms with Crippen molar-refractivity contribution in [2.45, 2.75) is 39.8 Å². The van der Waals surface area contributed by atoms with E-state index in [4.69, 9.17) is 0 Å². The molecule has 1 rings (SSSR count). The first kappa shape index (κ1) is 17.2. The second kappa shape index (κ2) is 7.78. The normalized spacial score (nSPS) is 11.2. The van der Waals surface area contributed by atoms with Crippen LogP contribution in [0.4, 0.5) is 17.3 Å². The zero-order valence-electron chi connectivity index (χ0n) is 13.4. The first-order chi connectivity index (χ1) is 9.85. The lowest BCUT2D eigenvalue weighted by atomic mass is 10.2. The van der Waals surface area contributed by atoms with Gasteiger partial charge in [0.05, 0.1) is 17.1 Å². The van der Waals surface area contributed by atoms with Crippen molar-refractivity contribution in [3.05, 3.63) is 22.2 Å². The van der Waals surface area contributed by atoms with Crippen LogP contribution in [0.25, 0.3) is 0 Å². The third-order valence-corrected chi connectivity index (χ3v) is 3.28. The van der Waals surface area contributed by atoms with E-state index in [-0.39, 0.29) is 5.69 Å². The fourth-order valence-corrected chi connectivity index (χ4v) is 2.27. The minimum atomic E-state index is -0.414. The van der Waals surface area contributed by atoms with E-state index in [1.165, 1.54) is 12.1 Å². The summed E-state index contributed by atoms with van der Waals surface area (Å²) in [6.45, 7) is 10.2. The van der Waals surface area contributed by atoms with E-state index in [2.05, 4.69) is 48.2 Å². The summed E-state index contributed by atoms with van der Waals surface area (Å²) in [6, 6.07) is 3.78. The van der Waals surface area contributed by atoms with E-state index in [0.717, 1.165) is 6.54 Å². The van der Waals surface area contributed by atoms with Crippen LogP contribution in [-0.4, -0.2) is 47.0 Å². The molecule has 21 heavy (non-hydrogen) atoms.